The molecular formula is C16H20N4O2S. The molecule has 0 bridgehead atoms. The van der Waals surface area contributed by atoms with E-state index in [9.17, 15) is 9.59 Å². The minimum absolute atomic E-state index is 0.0658. The van der Waals surface area contributed by atoms with Crippen molar-refractivity contribution in [2.24, 2.45) is 0 Å². The van der Waals surface area contributed by atoms with E-state index in [1.54, 1.807) is 41.6 Å². The van der Waals surface area contributed by atoms with E-state index in [-0.39, 0.29) is 24.4 Å². The number of thiazole rings is 1. The molecule has 23 heavy (non-hydrogen) atoms. The highest BCUT2D eigenvalue weighted by molar-refractivity contribution is 7.09. The van der Waals surface area contributed by atoms with Crippen LogP contribution in [-0.2, 0) is 4.79 Å². The van der Waals surface area contributed by atoms with Gasteiger partial charge in [0.05, 0.1) is 11.6 Å². The Hall–Kier alpha value is -2.41. The second-order valence-electron chi connectivity index (χ2n) is 5.22. The summed E-state index contributed by atoms with van der Waals surface area (Å²) in [6.07, 6.45) is 1.75. The summed E-state index contributed by atoms with van der Waals surface area (Å²) in [7, 11) is 1.70. The summed E-state index contributed by atoms with van der Waals surface area (Å²) in [4.78, 5) is 29.6. The molecule has 0 saturated carbocycles. The van der Waals surface area contributed by atoms with Crippen LogP contribution >= 0.6 is 11.3 Å². The molecule has 1 heterocycles. The van der Waals surface area contributed by atoms with Crippen LogP contribution in [0.15, 0.2) is 41.9 Å². The zero-order valence-corrected chi connectivity index (χ0v) is 14.0. The lowest BCUT2D eigenvalue weighted by molar-refractivity contribution is -0.115. The number of para-hydroxylation sites is 1. The first-order valence-corrected chi connectivity index (χ1v) is 8.17. The van der Waals surface area contributed by atoms with Gasteiger partial charge in [0.25, 0.3) is 0 Å². The first-order valence-electron chi connectivity index (χ1n) is 7.29. The van der Waals surface area contributed by atoms with Gasteiger partial charge in [-0.2, -0.15) is 0 Å². The van der Waals surface area contributed by atoms with Crippen LogP contribution in [0.2, 0.25) is 0 Å². The third kappa shape index (κ3) is 5.37. The molecule has 122 valence electrons. The van der Waals surface area contributed by atoms with E-state index in [0.717, 1.165) is 5.01 Å². The van der Waals surface area contributed by atoms with E-state index in [0.29, 0.717) is 12.2 Å². The van der Waals surface area contributed by atoms with E-state index in [1.807, 2.05) is 30.5 Å². The second kappa shape index (κ2) is 8.28. The Bertz CT molecular complexity index is 631. The number of hydrogen-bond donors (Lipinski definition) is 2. The van der Waals surface area contributed by atoms with Gasteiger partial charge in [-0.3, -0.25) is 4.79 Å². The lowest BCUT2D eigenvalue weighted by Gasteiger charge is -2.20. The van der Waals surface area contributed by atoms with Crippen molar-refractivity contribution in [2.75, 3.05) is 25.5 Å². The minimum atomic E-state index is -0.281. The highest BCUT2D eigenvalue weighted by atomic mass is 32.1. The molecule has 0 unspecified atom stereocenters. The molecule has 2 aromatic rings. The Labute approximate surface area is 139 Å². The molecule has 2 N–H and O–H groups in total. The molecule has 2 rings (SSSR count). The molecule has 1 aromatic carbocycles. The van der Waals surface area contributed by atoms with Crippen molar-refractivity contribution in [3.8, 4) is 0 Å². The molecule has 7 heteroatoms. The lowest BCUT2D eigenvalue weighted by Crippen LogP contribution is -2.42. The first-order chi connectivity index (χ1) is 11.1. The molecule has 0 aliphatic carbocycles. The molecule has 0 saturated heterocycles. The number of likely N-dealkylation sites (N-methyl/N-ethyl adjacent to an activating group) is 1. The van der Waals surface area contributed by atoms with Gasteiger partial charge in [0.15, 0.2) is 0 Å². The van der Waals surface area contributed by atoms with Crippen LogP contribution in [0, 0.1) is 0 Å². The quantitative estimate of drug-likeness (QED) is 0.853. The van der Waals surface area contributed by atoms with Crippen LogP contribution < -0.4 is 10.6 Å². The summed E-state index contributed by atoms with van der Waals surface area (Å²) < 4.78 is 0. The Morgan fingerprint density at radius 3 is 2.70 bits per heavy atom. The van der Waals surface area contributed by atoms with Crippen LogP contribution in [0.3, 0.4) is 0 Å². The van der Waals surface area contributed by atoms with Gasteiger partial charge in [-0.1, -0.05) is 25.1 Å². The fraction of sp³-hybridized carbons (Fsp3) is 0.312. The number of carbonyl (C=O) groups excluding carboxylic acids is 2. The van der Waals surface area contributed by atoms with Crippen LogP contribution in [0.25, 0.3) is 0 Å². The maximum absolute atomic E-state index is 12.0. The average molecular weight is 332 g/mol. The fourth-order valence-corrected chi connectivity index (χ4v) is 2.76. The minimum Gasteiger partial charge on any atom is -0.329 e. The first kappa shape index (κ1) is 17.0. The number of rotatable bonds is 6. The van der Waals surface area contributed by atoms with E-state index >= 15 is 0 Å². The van der Waals surface area contributed by atoms with Crippen LogP contribution in [0.4, 0.5) is 10.5 Å². The molecule has 3 amide bonds. The van der Waals surface area contributed by atoms with Crippen LogP contribution in [0.5, 0.6) is 0 Å². The molecule has 0 fully saturated rings. The SMILES string of the molecule is C[C@@H](CN(C)C(=O)NCC(=O)Nc1ccccc1)c1nccs1. The predicted molar refractivity (Wildman–Crippen MR) is 91.6 cm³/mol. The maximum atomic E-state index is 12.0. The van der Waals surface area contributed by atoms with Gasteiger partial charge in [-0.25, -0.2) is 9.78 Å². The second-order valence-corrected chi connectivity index (χ2v) is 6.15. The van der Waals surface area contributed by atoms with Crippen molar-refractivity contribution < 1.29 is 9.59 Å². The van der Waals surface area contributed by atoms with Crippen molar-refractivity contribution in [3.63, 3.8) is 0 Å². The number of carbonyl (C=O) groups is 2. The van der Waals surface area contributed by atoms with Gasteiger partial charge in [0.2, 0.25) is 5.91 Å². The third-order valence-electron chi connectivity index (χ3n) is 3.23. The fourth-order valence-electron chi connectivity index (χ4n) is 2.07. The van der Waals surface area contributed by atoms with Crippen LogP contribution in [-0.4, -0.2) is 42.0 Å². The Balaban J connectivity index is 1.74. The number of benzene rings is 1. The van der Waals surface area contributed by atoms with Crippen LogP contribution in [0.1, 0.15) is 17.8 Å². The third-order valence-corrected chi connectivity index (χ3v) is 4.23. The topological polar surface area (TPSA) is 74.3 Å². The van der Waals surface area contributed by atoms with Crippen molar-refractivity contribution in [3.05, 3.63) is 46.9 Å². The zero-order valence-electron chi connectivity index (χ0n) is 13.2. The molecule has 0 radical (unpaired) electrons. The largest absolute Gasteiger partial charge is 0.329 e. The monoisotopic (exact) mass is 332 g/mol. The molecule has 0 spiro atoms. The molecular weight excluding hydrogens is 312 g/mol. The van der Waals surface area contributed by atoms with E-state index in [1.165, 1.54) is 0 Å². The van der Waals surface area contributed by atoms with E-state index in [2.05, 4.69) is 15.6 Å². The summed E-state index contributed by atoms with van der Waals surface area (Å²) in [5.41, 5.74) is 0.706. The smallest absolute Gasteiger partial charge is 0.317 e. The van der Waals surface area contributed by atoms with Crippen molar-refractivity contribution in [1.29, 1.82) is 0 Å². The van der Waals surface area contributed by atoms with Gasteiger partial charge in [-0.05, 0) is 12.1 Å². The Kier molecular flexibility index (Phi) is 6.10. The molecule has 0 aliphatic rings. The standard InChI is InChI=1S/C16H20N4O2S/c1-12(15-17-8-9-23-15)11-20(2)16(22)18-10-14(21)19-13-6-4-3-5-7-13/h3-9,12H,10-11H2,1-2H3,(H,18,22)(H,19,21)/t12-/m0/s1. The summed E-state index contributed by atoms with van der Waals surface area (Å²) in [5, 5.41) is 8.24. The van der Waals surface area contributed by atoms with Gasteiger partial charge in [0, 0.05) is 36.8 Å². The Morgan fingerprint density at radius 1 is 1.30 bits per heavy atom. The van der Waals surface area contributed by atoms with E-state index < -0.39 is 0 Å². The summed E-state index contributed by atoms with van der Waals surface area (Å²) >= 11 is 1.57. The predicted octanol–water partition coefficient (Wildman–Crippen LogP) is 2.53. The van der Waals surface area contributed by atoms with Gasteiger partial charge in [0.1, 0.15) is 0 Å². The summed E-state index contributed by atoms with van der Waals surface area (Å²) in [6, 6.07) is 8.85. The maximum Gasteiger partial charge on any atom is 0.317 e. The number of nitrogens with one attached hydrogen (secondary N) is 2. The van der Waals surface area contributed by atoms with Gasteiger partial charge in [-0.15, -0.1) is 11.3 Å². The van der Waals surface area contributed by atoms with E-state index in [4.69, 9.17) is 0 Å². The van der Waals surface area contributed by atoms with Gasteiger partial charge >= 0.3 is 6.03 Å². The number of urea groups is 1. The van der Waals surface area contributed by atoms with Gasteiger partial charge < -0.3 is 15.5 Å². The normalized spacial score (nSPS) is 11.6. The zero-order chi connectivity index (χ0) is 16.7. The average Bonchev–Trinajstić information content (AvgIpc) is 3.08. The number of anilines is 1. The van der Waals surface area contributed by atoms with Crippen molar-refractivity contribution in [2.45, 2.75) is 12.8 Å². The number of amides is 3. The Morgan fingerprint density at radius 2 is 2.04 bits per heavy atom. The van der Waals surface area contributed by atoms with Crippen molar-refractivity contribution in [1.82, 2.24) is 15.2 Å². The lowest BCUT2D eigenvalue weighted by atomic mass is 10.2. The molecule has 0 aliphatic heterocycles. The highest BCUT2D eigenvalue weighted by Gasteiger charge is 2.16. The summed E-state index contributed by atoms with van der Waals surface area (Å²) in [6.45, 7) is 2.49. The summed E-state index contributed by atoms with van der Waals surface area (Å²) in [5.74, 6) is -0.102. The highest BCUT2D eigenvalue weighted by Crippen LogP contribution is 2.18. The number of aromatic nitrogens is 1. The molecule has 1 aromatic heterocycles. The number of hydrogen-bond acceptors (Lipinski definition) is 4. The number of nitrogens with zero attached hydrogens (tertiary/aromatic N) is 2. The van der Waals surface area contributed by atoms with Crippen molar-refractivity contribution >= 4 is 29.0 Å². The molecule has 1 atom stereocenters. The molecule has 6 nitrogen and oxygen atoms in total.